The Balaban J connectivity index is 2.30. The summed E-state index contributed by atoms with van der Waals surface area (Å²) in [5, 5.41) is 19.5. The van der Waals surface area contributed by atoms with Crippen molar-refractivity contribution in [2.75, 3.05) is 0 Å². The van der Waals surface area contributed by atoms with E-state index >= 15 is 0 Å². The third-order valence-electron chi connectivity index (χ3n) is 3.15. The minimum absolute atomic E-state index is 0.0204. The van der Waals surface area contributed by atoms with E-state index < -0.39 is 11.5 Å². The maximum atomic E-state index is 12.3. The van der Waals surface area contributed by atoms with Gasteiger partial charge in [-0.05, 0) is 26.0 Å². The maximum Gasteiger partial charge on any atom is 0.172 e. The second-order valence-electron chi connectivity index (χ2n) is 4.86. The summed E-state index contributed by atoms with van der Waals surface area (Å²) in [6, 6.07) is 7.23. The molecule has 0 amide bonds. The molecule has 18 heavy (non-hydrogen) atoms. The van der Waals surface area contributed by atoms with Crippen molar-refractivity contribution in [2.24, 2.45) is 5.92 Å². The Morgan fingerprint density at radius 3 is 2.44 bits per heavy atom. The molecule has 94 valence electrons. The summed E-state index contributed by atoms with van der Waals surface area (Å²) in [5.41, 5.74) is 0.279. The van der Waals surface area contributed by atoms with Crippen LogP contribution in [0.15, 0.2) is 48.3 Å². The summed E-state index contributed by atoms with van der Waals surface area (Å²) in [5.74, 6) is -0.843. The molecular weight excluding hydrogens is 228 g/mol. The largest absolute Gasteiger partial charge is 0.508 e. The number of ketones is 1. The van der Waals surface area contributed by atoms with Gasteiger partial charge in [-0.1, -0.05) is 35.9 Å². The predicted octanol–water partition coefficient (Wildman–Crippen LogP) is 2.56. The topological polar surface area (TPSA) is 57.5 Å². The first-order chi connectivity index (χ1) is 8.40. The Labute approximate surface area is 106 Å². The predicted molar refractivity (Wildman–Crippen MR) is 69.5 cm³/mol. The van der Waals surface area contributed by atoms with Crippen molar-refractivity contribution in [1.29, 1.82) is 0 Å². The third kappa shape index (κ3) is 2.36. The molecule has 0 aromatic heterocycles. The molecule has 3 heteroatoms. The number of aliphatic hydroxyl groups is 2. The Bertz CT molecular complexity index is 521. The fraction of sp³-hybridized carbons (Fsp3) is 0.267. The van der Waals surface area contributed by atoms with Crippen LogP contribution in [0, 0.1) is 12.8 Å². The van der Waals surface area contributed by atoms with Crippen LogP contribution in [-0.2, 0) is 0 Å². The maximum absolute atomic E-state index is 12.3. The Morgan fingerprint density at radius 2 is 1.89 bits per heavy atom. The fourth-order valence-electron chi connectivity index (χ4n) is 2.08. The third-order valence-corrected chi connectivity index (χ3v) is 3.15. The lowest BCUT2D eigenvalue weighted by atomic mass is 9.80. The standard InChI is InChI=1S/C15H16O3/c1-10-3-5-11(6-4-10)14(17)13-8-7-12(16)9-15(13,2)18/h3-9,13,16,18H,1-2H3. The van der Waals surface area contributed by atoms with Crippen LogP contribution in [-0.4, -0.2) is 21.6 Å². The van der Waals surface area contributed by atoms with E-state index in [0.717, 1.165) is 5.56 Å². The Kier molecular flexibility index (Phi) is 3.09. The SMILES string of the molecule is Cc1ccc(C(=O)C2C=CC(O)=CC2(C)O)cc1. The second kappa shape index (κ2) is 4.42. The van der Waals surface area contributed by atoms with Crippen molar-refractivity contribution in [3.05, 3.63) is 59.4 Å². The molecule has 0 saturated heterocycles. The van der Waals surface area contributed by atoms with Gasteiger partial charge in [0.05, 0.1) is 11.5 Å². The lowest BCUT2D eigenvalue weighted by Crippen LogP contribution is -2.38. The van der Waals surface area contributed by atoms with E-state index in [2.05, 4.69) is 0 Å². The first-order valence-electron chi connectivity index (χ1n) is 5.83. The van der Waals surface area contributed by atoms with Gasteiger partial charge in [0.15, 0.2) is 5.78 Å². The van der Waals surface area contributed by atoms with Crippen LogP contribution in [0.2, 0.25) is 0 Å². The number of carbonyl (C=O) groups excluding carboxylic acids is 1. The van der Waals surface area contributed by atoms with Crippen LogP contribution in [0.5, 0.6) is 0 Å². The zero-order valence-electron chi connectivity index (χ0n) is 10.4. The van der Waals surface area contributed by atoms with E-state index in [4.69, 9.17) is 0 Å². The summed E-state index contributed by atoms with van der Waals surface area (Å²) >= 11 is 0. The summed E-state index contributed by atoms with van der Waals surface area (Å²) in [4.78, 5) is 12.3. The Morgan fingerprint density at radius 1 is 1.28 bits per heavy atom. The molecule has 2 N–H and O–H groups in total. The number of hydrogen-bond donors (Lipinski definition) is 2. The van der Waals surface area contributed by atoms with Gasteiger partial charge in [0.2, 0.25) is 0 Å². The van der Waals surface area contributed by atoms with Crippen LogP contribution in [0.4, 0.5) is 0 Å². The first kappa shape index (κ1) is 12.6. The van der Waals surface area contributed by atoms with Gasteiger partial charge in [-0.25, -0.2) is 0 Å². The number of aliphatic hydroxyl groups excluding tert-OH is 1. The van der Waals surface area contributed by atoms with E-state index in [1.165, 1.54) is 25.2 Å². The highest BCUT2D eigenvalue weighted by Crippen LogP contribution is 2.29. The number of allylic oxidation sites excluding steroid dienone is 1. The van der Waals surface area contributed by atoms with E-state index in [1.54, 1.807) is 12.1 Å². The van der Waals surface area contributed by atoms with Gasteiger partial charge < -0.3 is 10.2 Å². The van der Waals surface area contributed by atoms with Crippen molar-refractivity contribution in [1.82, 2.24) is 0 Å². The van der Waals surface area contributed by atoms with E-state index in [-0.39, 0.29) is 11.5 Å². The number of hydrogen-bond acceptors (Lipinski definition) is 3. The molecule has 2 atom stereocenters. The van der Waals surface area contributed by atoms with E-state index in [0.29, 0.717) is 5.56 Å². The molecule has 1 aliphatic carbocycles. The summed E-state index contributed by atoms with van der Waals surface area (Å²) in [7, 11) is 0. The summed E-state index contributed by atoms with van der Waals surface area (Å²) in [6.07, 6.45) is 4.27. The number of aryl methyl sites for hydroxylation is 1. The molecule has 0 aliphatic heterocycles. The summed E-state index contributed by atoms with van der Waals surface area (Å²) < 4.78 is 0. The molecule has 0 spiro atoms. The van der Waals surface area contributed by atoms with Crippen molar-refractivity contribution in [3.63, 3.8) is 0 Å². The highest BCUT2D eigenvalue weighted by molar-refractivity contribution is 6.00. The van der Waals surface area contributed by atoms with Gasteiger partial charge in [0.25, 0.3) is 0 Å². The monoisotopic (exact) mass is 244 g/mol. The zero-order valence-corrected chi connectivity index (χ0v) is 10.4. The van der Waals surface area contributed by atoms with Crippen LogP contribution in [0.25, 0.3) is 0 Å². The lowest BCUT2D eigenvalue weighted by Gasteiger charge is -2.29. The Hall–Kier alpha value is -1.87. The van der Waals surface area contributed by atoms with Crippen molar-refractivity contribution in [2.45, 2.75) is 19.4 Å². The molecule has 0 saturated carbocycles. The van der Waals surface area contributed by atoms with Gasteiger partial charge in [0, 0.05) is 5.56 Å². The first-order valence-corrected chi connectivity index (χ1v) is 5.83. The normalized spacial score (nSPS) is 26.8. The molecule has 2 unspecified atom stereocenters. The molecule has 0 heterocycles. The van der Waals surface area contributed by atoms with E-state index in [9.17, 15) is 15.0 Å². The molecule has 3 nitrogen and oxygen atoms in total. The van der Waals surface area contributed by atoms with Crippen LogP contribution in [0.1, 0.15) is 22.8 Å². The zero-order chi connectivity index (χ0) is 13.3. The number of carbonyl (C=O) groups is 1. The molecule has 0 radical (unpaired) electrons. The second-order valence-corrected chi connectivity index (χ2v) is 4.86. The van der Waals surface area contributed by atoms with Crippen molar-refractivity contribution >= 4 is 5.78 Å². The molecular formula is C15H16O3. The van der Waals surface area contributed by atoms with Gasteiger partial charge in [-0.2, -0.15) is 0 Å². The molecule has 1 aromatic carbocycles. The quantitative estimate of drug-likeness (QED) is 0.786. The highest BCUT2D eigenvalue weighted by atomic mass is 16.3. The average molecular weight is 244 g/mol. The van der Waals surface area contributed by atoms with Crippen LogP contribution >= 0.6 is 0 Å². The van der Waals surface area contributed by atoms with Crippen LogP contribution in [0.3, 0.4) is 0 Å². The average Bonchev–Trinajstić information content (AvgIpc) is 2.28. The van der Waals surface area contributed by atoms with Crippen molar-refractivity contribution in [3.8, 4) is 0 Å². The van der Waals surface area contributed by atoms with Gasteiger partial charge >= 0.3 is 0 Å². The van der Waals surface area contributed by atoms with Crippen molar-refractivity contribution < 1.29 is 15.0 Å². The number of rotatable bonds is 2. The minimum atomic E-state index is -1.36. The lowest BCUT2D eigenvalue weighted by molar-refractivity contribution is 0.0499. The van der Waals surface area contributed by atoms with Gasteiger partial charge in [0.1, 0.15) is 5.76 Å². The molecule has 1 aliphatic rings. The smallest absolute Gasteiger partial charge is 0.172 e. The van der Waals surface area contributed by atoms with E-state index in [1.807, 2.05) is 19.1 Å². The highest BCUT2D eigenvalue weighted by Gasteiger charge is 2.36. The fourth-order valence-corrected chi connectivity index (χ4v) is 2.08. The minimum Gasteiger partial charge on any atom is -0.508 e. The van der Waals surface area contributed by atoms with Gasteiger partial charge in [-0.3, -0.25) is 4.79 Å². The number of benzene rings is 1. The summed E-state index contributed by atoms with van der Waals surface area (Å²) in [6.45, 7) is 3.47. The number of Topliss-reactive ketones (excluding diaryl/α,β-unsaturated/α-hetero) is 1. The molecule has 2 rings (SSSR count). The molecule has 0 fully saturated rings. The molecule has 1 aromatic rings. The van der Waals surface area contributed by atoms with Crippen LogP contribution < -0.4 is 0 Å². The van der Waals surface area contributed by atoms with Gasteiger partial charge in [-0.15, -0.1) is 0 Å². The molecule has 0 bridgehead atoms.